The first-order valence-electron chi connectivity index (χ1n) is 7.19. The standard InChI is InChI=1S/C17H15BrN2O3S/c1-21-14-6-3-7-15(9-14)22-10-16-19-20-17(23-16)24-11-12-4-2-5-13(18)8-12/h2-9H,10-11H2,1H3. The van der Waals surface area contributed by atoms with E-state index in [0.29, 0.717) is 16.9 Å². The quantitative estimate of drug-likeness (QED) is 0.529. The number of methoxy groups -OCH3 is 1. The van der Waals surface area contributed by atoms with Gasteiger partial charge in [0, 0.05) is 16.3 Å². The summed E-state index contributed by atoms with van der Waals surface area (Å²) in [6, 6.07) is 15.5. The molecule has 0 saturated heterocycles. The molecular formula is C17H15BrN2O3S. The fourth-order valence-corrected chi connectivity index (χ4v) is 3.13. The molecule has 124 valence electrons. The predicted molar refractivity (Wildman–Crippen MR) is 95.3 cm³/mol. The van der Waals surface area contributed by atoms with Crippen LogP contribution in [0.4, 0.5) is 0 Å². The number of aromatic nitrogens is 2. The van der Waals surface area contributed by atoms with Crippen LogP contribution in [0.15, 0.2) is 62.6 Å². The molecule has 1 heterocycles. The van der Waals surface area contributed by atoms with E-state index in [2.05, 4.69) is 38.3 Å². The first-order chi connectivity index (χ1) is 11.7. The van der Waals surface area contributed by atoms with Crippen molar-refractivity contribution in [3.63, 3.8) is 0 Å². The van der Waals surface area contributed by atoms with Crippen LogP contribution < -0.4 is 9.47 Å². The van der Waals surface area contributed by atoms with E-state index < -0.39 is 0 Å². The van der Waals surface area contributed by atoms with E-state index in [0.717, 1.165) is 16.0 Å². The van der Waals surface area contributed by atoms with E-state index in [9.17, 15) is 0 Å². The van der Waals surface area contributed by atoms with Crippen LogP contribution >= 0.6 is 27.7 Å². The molecule has 2 aromatic carbocycles. The fraction of sp³-hybridized carbons (Fsp3) is 0.176. The Morgan fingerprint density at radius 3 is 2.75 bits per heavy atom. The minimum absolute atomic E-state index is 0.220. The zero-order valence-corrected chi connectivity index (χ0v) is 15.3. The van der Waals surface area contributed by atoms with Gasteiger partial charge in [-0.2, -0.15) is 0 Å². The Hall–Kier alpha value is -1.99. The lowest BCUT2D eigenvalue weighted by atomic mass is 10.2. The molecule has 0 atom stereocenters. The van der Waals surface area contributed by atoms with Crippen molar-refractivity contribution in [2.45, 2.75) is 17.6 Å². The van der Waals surface area contributed by atoms with Crippen LogP contribution in [0.3, 0.4) is 0 Å². The highest BCUT2D eigenvalue weighted by atomic mass is 79.9. The second-order valence-corrected chi connectivity index (χ2v) is 6.69. The lowest BCUT2D eigenvalue weighted by Crippen LogP contribution is -1.96. The van der Waals surface area contributed by atoms with Crippen molar-refractivity contribution < 1.29 is 13.9 Å². The number of nitrogens with zero attached hydrogens (tertiary/aromatic N) is 2. The molecule has 0 amide bonds. The maximum absolute atomic E-state index is 5.63. The summed E-state index contributed by atoms with van der Waals surface area (Å²) in [6.45, 7) is 0.220. The molecule has 5 nitrogen and oxygen atoms in total. The molecule has 0 bridgehead atoms. The number of halogens is 1. The van der Waals surface area contributed by atoms with Crippen LogP contribution in [0, 0.1) is 0 Å². The predicted octanol–water partition coefficient (Wildman–Crippen LogP) is 4.71. The van der Waals surface area contributed by atoms with Gasteiger partial charge in [0.1, 0.15) is 11.5 Å². The van der Waals surface area contributed by atoms with E-state index in [1.807, 2.05) is 30.3 Å². The molecule has 0 aliphatic rings. The van der Waals surface area contributed by atoms with Gasteiger partial charge in [0.2, 0.25) is 0 Å². The maximum Gasteiger partial charge on any atom is 0.277 e. The van der Waals surface area contributed by atoms with E-state index in [-0.39, 0.29) is 6.61 Å². The monoisotopic (exact) mass is 406 g/mol. The normalized spacial score (nSPS) is 10.6. The van der Waals surface area contributed by atoms with Crippen LogP contribution in [0.25, 0.3) is 0 Å². The molecule has 0 fully saturated rings. The van der Waals surface area contributed by atoms with Gasteiger partial charge in [-0.3, -0.25) is 0 Å². The number of thioether (sulfide) groups is 1. The first-order valence-corrected chi connectivity index (χ1v) is 8.97. The fourth-order valence-electron chi connectivity index (χ4n) is 1.96. The molecule has 1 aromatic heterocycles. The Morgan fingerprint density at radius 2 is 1.92 bits per heavy atom. The van der Waals surface area contributed by atoms with Gasteiger partial charge >= 0.3 is 0 Å². The SMILES string of the molecule is COc1cccc(OCc2nnc(SCc3cccc(Br)c3)o2)c1. The van der Waals surface area contributed by atoms with Gasteiger partial charge in [-0.1, -0.05) is 45.9 Å². The molecule has 0 unspecified atom stereocenters. The molecule has 3 aromatic rings. The van der Waals surface area contributed by atoms with Crippen LogP contribution in [0.5, 0.6) is 11.5 Å². The summed E-state index contributed by atoms with van der Waals surface area (Å²) in [5, 5.41) is 8.56. The average Bonchev–Trinajstić information content (AvgIpc) is 3.06. The molecule has 0 spiro atoms. The molecule has 24 heavy (non-hydrogen) atoms. The molecule has 0 N–H and O–H groups in total. The maximum atomic E-state index is 5.63. The van der Waals surface area contributed by atoms with Gasteiger partial charge in [0.15, 0.2) is 6.61 Å². The van der Waals surface area contributed by atoms with Gasteiger partial charge in [0.05, 0.1) is 7.11 Å². The summed E-state index contributed by atoms with van der Waals surface area (Å²) < 4.78 is 17.4. The number of hydrogen-bond acceptors (Lipinski definition) is 6. The molecular weight excluding hydrogens is 392 g/mol. The number of ether oxygens (including phenoxy) is 2. The van der Waals surface area contributed by atoms with E-state index in [1.54, 1.807) is 13.2 Å². The summed E-state index contributed by atoms with van der Waals surface area (Å²) in [7, 11) is 1.62. The Bertz CT molecular complexity index is 810. The summed E-state index contributed by atoms with van der Waals surface area (Å²) in [4.78, 5) is 0. The smallest absolute Gasteiger partial charge is 0.277 e. The lowest BCUT2D eigenvalue weighted by molar-refractivity contribution is 0.251. The Morgan fingerprint density at radius 1 is 1.08 bits per heavy atom. The van der Waals surface area contributed by atoms with Crippen LogP contribution in [0.2, 0.25) is 0 Å². The molecule has 0 aliphatic heterocycles. The van der Waals surface area contributed by atoms with Crippen molar-refractivity contribution in [1.82, 2.24) is 10.2 Å². The van der Waals surface area contributed by atoms with Crippen molar-refractivity contribution in [1.29, 1.82) is 0 Å². The van der Waals surface area contributed by atoms with E-state index >= 15 is 0 Å². The minimum Gasteiger partial charge on any atom is -0.497 e. The lowest BCUT2D eigenvalue weighted by Gasteiger charge is -2.05. The Kier molecular flexibility index (Phi) is 5.77. The van der Waals surface area contributed by atoms with Gasteiger partial charge in [-0.25, -0.2) is 0 Å². The van der Waals surface area contributed by atoms with Gasteiger partial charge < -0.3 is 13.9 Å². The number of benzene rings is 2. The molecule has 0 saturated carbocycles. The second-order valence-electron chi connectivity index (χ2n) is 4.85. The van der Waals surface area contributed by atoms with E-state index in [4.69, 9.17) is 13.9 Å². The molecule has 0 aliphatic carbocycles. The van der Waals surface area contributed by atoms with Crippen molar-refractivity contribution in [3.05, 3.63) is 64.5 Å². The largest absolute Gasteiger partial charge is 0.497 e. The topological polar surface area (TPSA) is 57.4 Å². The van der Waals surface area contributed by atoms with Crippen molar-refractivity contribution in [3.8, 4) is 11.5 Å². The molecule has 0 radical (unpaired) electrons. The molecule has 7 heteroatoms. The first kappa shape index (κ1) is 16.9. The average molecular weight is 407 g/mol. The minimum atomic E-state index is 0.220. The second kappa shape index (κ2) is 8.21. The zero-order chi connectivity index (χ0) is 16.8. The third-order valence-corrected chi connectivity index (χ3v) is 4.49. The van der Waals surface area contributed by atoms with Crippen molar-refractivity contribution in [2.75, 3.05) is 7.11 Å². The highest BCUT2D eigenvalue weighted by molar-refractivity contribution is 9.10. The van der Waals surface area contributed by atoms with Gasteiger partial charge in [-0.15, -0.1) is 10.2 Å². The summed E-state index contributed by atoms with van der Waals surface area (Å²) in [5.74, 6) is 2.63. The molecule has 3 rings (SSSR count). The van der Waals surface area contributed by atoms with Gasteiger partial charge in [-0.05, 0) is 29.8 Å². The van der Waals surface area contributed by atoms with Gasteiger partial charge in [0.25, 0.3) is 11.1 Å². The summed E-state index contributed by atoms with van der Waals surface area (Å²) in [6.07, 6.45) is 0. The van der Waals surface area contributed by atoms with Crippen molar-refractivity contribution >= 4 is 27.7 Å². The van der Waals surface area contributed by atoms with E-state index in [1.165, 1.54) is 17.3 Å². The highest BCUT2D eigenvalue weighted by Crippen LogP contribution is 2.24. The van der Waals surface area contributed by atoms with Crippen LogP contribution in [-0.4, -0.2) is 17.3 Å². The Balaban J connectivity index is 1.53. The van der Waals surface area contributed by atoms with Crippen LogP contribution in [-0.2, 0) is 12.4 Å². The summed E-state index contributed by atoms with van der Waals surface area (Å²) in [5.41, 5.74) is 1.18. The Labute approximate surface area is 152 Å². The number of rotatable bonds is 7. The highest BCUT2D eigenvalue weighted by Gasteiger charge is 2.08. The number of hydrogen-bond donors (Lipinski definition) is 0. The van der Waals surface area contributed by atoms with Crippen LogP contribution in [0.1, 0.15) is 11.5 Å². The zero-order valence-electron chi connectivity index (χ0n) is 12.9. The van der Waals surface area contributed by atoms with Crippen molar-refractivity contribution in [2.24, 2.45) is 0 Å². The summed E-state index contributed by atoms with van der Waals surface area (Å²) >= 11 is 4.95. The third-order valence-electron chi connectivity index (χ3n) is 3.10. The third kappa shape index (κ3) is 4.75.